The molecule has 0 aromatic rings. The maximum absolute atomic E-state index is 13.0. The Balaban J connectivity index is 4.27. The molecule has 466 valence electrons. The molecule has 0 spiro atoms. The molecule has 0 saturated heterocycles. The standard InChI is InChI=1S/C73H138O6/c1-4-7-10-13-16-19-22-25-28-31-34-35-36-37-38-40-42-45-48-51-54-57-60-63-66-72(75)78-69-70(68-77-71(74)65-62-59-56-53-50-47-44-41-33-30-27-24-21-18-15-12-9-6-3)79-73(76)67-64-61-58-55-52-49-46-43-39-32-29-26-23-20-17-14-11-8-5-2/h17,20,26,29,70H,4-16,18-19,21-25,27-28,30-69H2,1-3H3/b20-17-,29-26-. The minimum absolute atomic E-state index is 0.0662. The lowest BCUT2D eigenvalue weighted by Gasteiger charge is -2.18. The normalized spacial score (nSPS) is 12.1. The van der Waals surface area contributed by atoms with E-state index in [0.29, 0.717) is 19.3 Å². The fraction of sp³-hybridized carbons (Fsp3) is 0.904. The summed E-state index contributed by atoms with van der Waals surface area (Å²) in [4.78, 5) is 38.5. The van der Waals surface area contributed by atoms with Gasteiger partial charge >= 0.3 is 17.9 Å². The van der Waals surface area contributed by atoms with Gasteiger partial charge in [0.2, 0.25) is 0 Å². The number of ether oxygens (including phenoxy) is 3. The summed E-state index contributed by atoms with van der Waals surface area (Å²) in [5.41, 5.74) is 0. The Morgan fingerprint density at radius 3 is 0.722 bits per heavy atom. The molecule has 0 aliphatic rings. The van der Waals surface area contributed by atoms with E-state index in [1.165, 1.54) is 302 Å². The highest BCUT2D eigenvalue weighted by Crippen LogP contribution is 2.19. The average Bonchev–Trinajstić information content (AvgIpc) is 3.45. The van der Waals surface area contributed by atoms with E-state index in [1.807, 2.05) is 0 Å². The third-order valence-electron chi connectivity index (χ3n) is 16.5. The van der Waals surface area contributed by atoms with Gasteiger partial charge in [0.05, 0.1) is 0 Å². The maximum Gasteiger partial charge on any atom is 0.306 e. The Kier molecular flexibility index (Phi) is 66.6. The molecule has 6 nitrogen and oxygen atoms in total. The molecule has 1 unspecified atom stereocenters. The van der Waals surface area contributed by atoms with Gasteiger partial charge in [0, 0.05) is 19.3 Å². The average molecular weight is 1110 g/mol. The molecule has 1 atom stereocenters. The maximum atomic E-state index is 13.0. The molecule has 0 amide bonds. The molecule has 0 N–H and O–H groups in total. The monoisotopic (exact) mass is 1110 g/mol. The predicted octanol–water partition coefficient (Wildman–Crippen LogP) is 24.6. The lowest BCUT2D eigenvalue weighted by molar-refractivity contribution is -0.167. The van der Waals surface area contributed by atoms with E-state index in [4.69, 9.17) is 14.2 Å². The van der Waals surface area contributed by atoms with Crippen molar-refractivity contribution in [3.8, 4) is 0 Å². The minimum Gasteiger partial charge on any atom is -0.462 e. The van der Waals surface area contributed by atoms with Crippen molar-refractivity contribution in [1.82, 2.24) is 0 Å². The van der Waals surface area contributed by atoms with E-state index in [-0.39, 0.29) is 31.1 Å². The first-order valence-corrected chi connectivity index (χ1v) is 35.8. The summed E-state index contributed by atoms with van der Waals surface area (Å²) < 4.78 is 17.0. The third-order valence-corrected chi connectivity index (χ3v) is 16.5. The van der Waals surface area contributed by atoms with Crippen molar-refractivity contribution in [2.24, 2.45) is 0 Å². The van der Waals surface area contributed by atoms with Gasteiger partial charge in [-0.1, -0.05) is 360 Å². The lowest BCUT2D eigenvalue weighted by atomic mass is 10.0. The predicted molar refractivity (Wildman–Crippen MR) is 344 cm³/mol. The molecule has 0 fully saturated rings. The van der Waals surface area contributed by atoms with Crippen molar-refractivity contribution in [2.45, 2.75) is 412 Å². The van der Waals surface area contributed by atoms with Crippen LogP contribution < -0.4 is 0 Å². The van der Waals surface area contributed by atoms with E-state index >= 15 is 0 Å². The second-order valence-electron chi connectivity index (χ2n) is 24.5. The second-order valence-corrected chi connectivity index (χ2v) is 24.5. The van der Waals surface area contributed by atoms with Crippen LogP contribution in [0.3, 0.4) is 0 Å². The largest absolute Gasteiger partial charge is 0.462 e. The zero-order valence-corrected chi connectivity index (χ0v) is 53.7. The highest BCUT2D eigenvalue weighted by molar-refractivity contribution is 5.71. The number of allylic oxidation sites excluding steroid dienone is 4. The molecule has 0 bridgehead atoms. The van der Waals surface area contributed by atoms with Crippen LogP contribution in [0.1, 0.15) is 406 Å². The molecule has 0 saturated carbocycles. The van der Waals surface area contributed by atoms with Crippen molar-refractivity contribution in [1.29, 1.82) is 0 Å². The van der Waals surface area contributed by atoms with Crippen LogP contribution >= 0.6 is 0 Å². The molecule has 0 aromatic carbocycles. The van der Waals surface area contributed by atoms with E-state index in [1.54, 1.807) is 0 Å². The molecular formula is C73H138O6. The van der Waals surface area contributed by atoms with Crippen molar-refractivity contribution in [2.75, 3.05) is 13.2 Å². The first-order valence-electron chi connectivity index (χ1n) is 35.8. The molecule has 0 aliphatic carbocycles. The summed E-state index contributed by atoms with van der Waals surface area (Å²) in [6.07, 6.45) is 83.5. The van der Waals surface area contributed by atoms with Crippen molar-refractivity contribution in [3.05, 3.63) is 24.3 Å². The SMILES string of the molecule is CCCCC/C=C\C/C=C\CCCCCCCCCCCC(=O)OC(COC(=O)CCCCCCCCCCCCCCCCCCCC)COC(=O)CCCCCCCCCCCCCCCCCCCCCCCCCC. The van der Waals surface area contributed by atoms with Crippen LogP contribution in [-0.4, -0.2) is 37.2 Å². The van der Waals surface area contributed by atoms with Gasteiger partial charge in [-0.3, -0.25) is 14.4 Å². The second kappa shape index (κ2) is 68.4. The van der Waals surface area contributed by atoms with Crippen molar-refractivity contribution >= 4 is 17.9 Å². The Labute approximate surface area is 493 Å². The van der Waals surface area contributed by atoms with Gasteiger partial charge in [0.25, 0.3) is 0 Å². The fourth-order valence-corrected chi connectivity index (χ4v) is 11.1. The van der Waals surface area contributed by atoms with Crippen LogP contribution in [0.2, 0.25) is 0 Å². The molecule has 79 heavy (non-hydrogen) atoms. The smallest absolute Gasteiger partial charge is 0.306 e. The van der Waals surface area contributed by atoms with Crippen LogP contribution in [0.15, 0.2) is 24.3 Å². The number of unbranched alkanes of at least 4 members (excludes halogenated alkanes) is 52. The van der Waals surface area contributed by atoms with Gasteiger partial charge in [0.1, 0.15) is 13.2 Å². The van der Waals surface area contributed by atoms with Gasteiger partial charge < -0.3 is 14.2 Å². The first kappa shape index (κ1) is 76.9. The first-order chi connectivity index (χ1) is 39.0. The van der Waals surface area contributed by atoms with Crippen molar-refractivity contribution in [3.63, 3.8) is 0 Å². The summed E-state index contributed by atoms with van der Waals surface area (Å²) in [6, 6.07) is 0. The summed E-state index contributed by atoms with van der Waals surface area (Å²) in [7, 11) is 0. The van der Waals surface area contributed by atoms with Gasteiger partial charge in [-0.05, 0) is 51.4 Å². The number of carbonyl (C=O) groups is 3. The number of esters is 3. The Morgan fingerprint density at radius 2 is 0.456 bits per heavy atom. The lowest BCUT2D eigenvalue weighted by Crippen LogP contribution is -2.30. The summed E-state index contributed by atoms with van der Waals surface area (Å²) >= 11 is 0. The van der Waals surface area contributed by atoms with E-state index in [0.717, 1.165) is 64.2 Å². The van der Waals surface area contributed by atoms with Gasteiger partial charge in [-0.15, -0.1) is 0 Å². The fourth-order valence-electron chi connectivity index (χ4n) is 11.1. The van der Waals surface area contributed by atoms with E-state index < -0.39 is 6.10 Å². The Morgan fingerprint density at radius 1 is 0.253 bits per heavy atom. The molecular weight excluding hydrogens is 973 g/mol. The minimum atomic E-state index is -0.771. The molecule has 0 aliphatic heterocycles. The summed E-state index contributed by atoms with van der Waals surface area (Å²) in [5, 5.41) is 0. The molecule has 6 heteroatoms. The van der Waals surface area contributed by atoms with Gasteiger partial charge in [-0.25, -0.2) is 0 Å². The highest BCUT2D eigenvalue weighted by atomic mass is 16.6. The van der Waals surface area contributed by atoms with Crippen LogP contribution in [0.5, 0.6) is 0 Å². The third kappa shape index (κ3) is 66.6. The van der Waals surface area contributed by atoms with Gasteiger partial charge in [0.15, 0.2) is 6.10 Å². The zero-order valence-electron chi connectivity index (χ0n) is 53.7. The van der Waals surface area contributed by atoms with Crippen LogP contribution in [0, 0.1) is 0 Å². The van der Waals surface area contributed by atoms with Gasteiger partial charge in [-0.2, -0.15) is 0 Å². The van der Waals surface area contributed by atoms with Crippen LogP contribution in [-0.2, 0) is 28.6 Å². The summed E-state index contributed by atoms with van der Waals surface area (Å²) in [5.74, 6) is -0.835. The Hall–Kier alpha value is -2.11. The van der Waals surface area contributed by atoms with E-state index in [2.05, 4.69) is 45.1 Å². The Bertz CT molecular complexity index is 1270. The number of carbonyl (C=O) groups excluding carboxylic acids is 3. The summed E-state index contributed by atoms with van der Waals surface area (Å²) in [6.45, 7) is 6.71. The number of hydrogen-bond acceptors (Lipinski definition) is 6. The number of hydrogen-bond donors (Lipinski definition) is 0. The number of rotatable bonds is 67. The van der Waals surface area contributed by atoms with Crippen LogP contribution in [0.4, 0.5) is 0 Å². The van der Waals surface area contributed by atoms with E-state index in [9.17, 15) is 14.4 Å². The molecule has 0 aromatic heterocycles. The molecule has 0 radical (unpaired) electrons. The molecule has 0 rings (SSSR count). The van der Waals surface area contributed by atoms with Crippen molar-refractivity contribution < 1.29 is 28.6 Å². The zero-order chi connectivity index (χ0) is 57.1. The quantitative estimate of drug-likeness (QED) is 0.0261. The molecule has 0 heterocycles. The highest BCUT2D eigenvalue weighted by Gasteiger charge is 2.19. The topological polar surface area (TPSA) is 78.9 Å². The van der Waals surface area contributed by atoms with Crippen LogP contribution in [0.25, 0.3) is 0 Å².